The van der Waals surface area contributed by atoms with Crippen molar-refractivity contribution in [2.45, 2.75) is 19.3 Å². The van der Waals surface area contributed by atoms with Gasteiger partial charge in [-0.25, -0.2) is 0 Å². The predicted molar refractivity (Wildman–Crippen MR) is 76.0 cm³/mol. The van der Waals surface area contributed by atoms with Gasteiger partial charge in [0, 0.05) is 5.02 Å². The second-order valence-corrected chi connectivity index (χ2v) is 4.88. The van der Waals surface area contributed by atoms with Gasteiger partial charge in [0.2, 0.25) is 0 Å². The maximum absolute atomic E-state index is 10.5. The van der Waals surface area contributed by atoms with Crippen LogP contribution in [0, 0.1) is 10.1 Å². The molecule has 1 aromatic carbocycles. The van der Waals surface area contributed by atoms with Crippen molar-refractivity contribution in [2.75, 3.05) is 6.61 Å². The van der Waals surface area contributed by atoms with E-state index in [0.717, 1.165) is 5.56 Å². The number of aliphatic hydroxyl groups is 1. The van der Waals surface area contributed by atoms with Crippen molar-refractivity contribution in [3.8, 4) is 0 Å². The Hall–Kier alpha value is -1.96. The van der Waals surface area contributed by atoms with E-state index in [-0.39, 0.29) is 19.0 Å². The van der Waals surface area contributed by atoms with Crippen molar-refractivity contribution in [3.63, 3.8) is 0 Å². The van der Waals surface area contributed by atoms with Crippen molar-refractivity contribution in [1.82, 2.24) is 9.78 Å². The molecule has 112 valence electrons. The Bertz CT molecular complexity index is 600. The molecule has 1 atom stereocenters. The van der Waals surface area contributed by atoms with Gasteiger partial charge >= 0.3 is 5.82 Å². The number of aromatic nitrogens is 2. The van der Waals surface area contributed by atoms with Crippen molar-refractivity contribution in [1.29, 1.82) is 0 Å². The van der Waals surface area contributed by atoms with Gasteiger partial charge in [0.25, 0.3) is 0 Å². The normalized spacial score (nSPS) is 12.3. The van der Waals surface area contributed by atoms with Crippen molar-refractivity contribution < 1.29 is 14.8 Å². The van der Waals surface area contributed by atoms with Gasteiger partial charge in [-0.2, -0.15) is 4.68 Å². The summed E-state index contributed by atoms with van der Waals surface area (Å²) in [7, 11) is 0. The summed E-state index contributed by atoms with van der Waals surface area (Å²) < 4.78 is 6.69. The maximum atomic E-state index is 10.5. The molecule has 0 saturated heterocycles. The molecule has 0 bridgehead atoms. The Kier molecular flexibility index (Phi) is 5.26. The molecule has 2 aromatic rings. The highest BCUT2D eigenvalue weighted by Crippen LogP contribution is 2.10. The second-order valence-electron chi connectivity index (χ2n) is 4.45. The molecule has 1 heterocycles. The topological polar surface area (TPSA) is 90.4 Å². The molecular formula is C13H14ClN3O4. The maximum Gasteiger partial charge on any atom is 0.389 e. The van der Waals surface area contributed by atoms with Gasteiger partial charge in [-0.1, -0.05) is 23.7 Å². The molecule has 8 heteroatoms. The van der Waals surface area contributed by atoms with Crippen LogP contribution in [0.2, 0.25) is 5.02 Å². The van der Waals surface area contributed by atoms with Crippen molar-refractivity contribution in [2.24, 2.45) is 0 Å². The summed E-state index contributed by atoms with van der Waals surface area (Å²) >= 11 is 5.77. The fraction of sp³-hybridized carbons (Fsp3) is 0.308. The van der Waals surface area contributed by atoms with Crippen LogP contribution in [-0.2, 0) is 17.9 Å². The number of hydrogen-bond acceptors (Lipinski definition) is 5. The first kappa shape index (κ1) is 15.4. The number of benzene rings is 1. The first-order chi connectivity index (χ1) is 10.0. The van der Waals surface area contributed by atoms with Crippen LogP contribution in [0.15, 0.2) is 36.5 Å². The second kappa shape index (κ2) is 7.16. The molecule has 21 heavy (non-hydrogen) atoms. The zero-order valence-electron chi connectivity index (χ0n) is 11.1. The van der Waals surface area contributed by atoms with E-state index in [1.807, 2.05) is 12.1 Å². The molecule has 2 rings (SSSR count). The number of aliphatic hydroxyl groups excluding tert-OH is 1. The number of nitro groups is 1. The van der Waals surface area contributed by atoms with Gasteiger partial charge in [0.1, 0.15) is 0 Å². The summed E-state index contributed by atoms with van der Waals surface area (Å²) in [6.45, 7) is 0.595. The zero-order chi connectivity index (χ0) is 15.2. The van der Waals surface area contributed by atoms with Crippen LogP contribution in [0.25, 0.3) is 0 Å². The zero-order valence-corrected chi connectivity index (χ0v) is 11.8. The molecule has 1 unspecified atom stereocenters. The highest BCUT2D eigenvalue weighted by molar-refractivity contribution is 6.30. The van der Waals surface area contributed by atoms with Gasteiger partial charge < -0.3 is 20.0 Å². The third-order valence-corrected chi connectivity index (χ3v) is 2.96. The summed E-state index contributed by atoms with van der Waals surface area (Å²) in [6, 6.07) is 8.48. The van der Waals surface area contributed by atoms with Crippen molar-refractivity contribution in [3.05, 3.63) is 57.2 Å². The summed E-state index contributed by atoms with van der Waals surface area (Å²) in [4.78, 5) is 9.90. The number of rotatable bonds is 7. The van der Waals surface area contributed by atoms with Crippen LogP contribution in [0.1, 0.15) is 5.56 Å². The summed E-state index contributed by atoms with van der Waals surface area (Å²) in [5.41, 5.74) is 0.946. The molecule has 0 saturated carbocycles. The number of nitrogens with zero attached hydrogens (tertiary/aromatic N) is 3. The Balaban J connectivity index is 1.75. The lowest BCUT2D eigenvalue weighted by Crippen LogP contribution is -2.22. The molecule has 0 spiro atoms. The predicted octanol–water partition coefficient (Wildman–Crippen LogP) is 2.02. The molecule has 0 radical (unpaired) electrons. The summed E-state index contributed by atoms with van der Waals surface area (Å²) in [5, 5.41) is 24.6. The van der Waals surface area contributed by atoms with Crippen LogP contribution >= 0.6 is 11.6 Å². The Labute approximate surface area is 125 Å². The fourth-order valence-electron chi connectivity index (χ4n) is 1.71. The molecule has 0 aliphatic rings. The average Bonchev–Trinajstić information content (AvgIpc) is 2.90. The molecule has 1 aromatic heterocycles. The molecule has 0 aliphatic carbocycles. The van der Waals surface area contributed by atoms with Gasteiger partial charge in [0.05, 0.1) is 43.2 Å². The lowest BCUT2D eigenvalue weighted by molar-refractivity contribution is -0.389. The SMILES string of the molecule is O=[N+]([O-])c1ccn(CC(O)COCc2ccc(Cl)cc2)n1. The van der Waals surface area contributed by atoms with E-state index < -0.39 is 11.0 Å². The highest BCUT2D eigenvalue weighted by Gasteiger charge is 2.14. The van der Waals surface area contributed by atoms with Crippen LogP contribution < -0.4 is 0 Å². The van der Waals surface area contributed by atoms with Gasteiger partial charge in [0.15, 0.2) is 0 Å². The van der Waals surface area contributed by atoms with Crippen LogP contribution in [0.5, 0.6) is 0 Å². The minimum Gasteiger partial charge on any atom is -0.389 e. The molecule has 0 fully saturated rings. The Morgan fingerprint density at radius 3 is 2.71 bits per heavy atom. The molecule has 1 N–H and O–H groups in total. The van der Waals surface area contributed by atoms with Gasteiger partial charge in [-0.15, -0.1) is 0 Å². The van der Waals surface area contributed by atoms with E-state index in [9.17, 15) is 15.2 Å². The first-order valence-corrected chi connectivity index (χ1v) is 6.60. The minimum absolute atomic E-state index is 0.107. The number of ether oxygens (including phenoxy) is 1. The molecule has 0 aliphatic heterocycles. The van der Waals surface area contributed by atoms with Crippen LogP contribution in [0.3, 0.4) is 0 Å². The fourth-order valence-corrected chi connectivity index (χ4v) is 1.84. The van der Waals surface area contributed by atoms with E-state index in [2.05, 4.69) is 5.10 Å². The van der Waals surface area contributed by atoms with E-state index in [1.165, 1.54) is 16.9 Å². The van der Waals surface area contributed by atoms with Crippen LogP contribution in [0.4, 0.5) is 5.82 Å². The van der Waals surface area contributed by atoms with Crippen molar-refractivity contribution >= 4 is 17.4 Å². The number of halogens is 1. The quantitative estimate of drug-likeness (QED) is 0.624. The Morgan fingerprint density at radius 2 is 2.10 bits per heavy atom. The van der Waals surface area contributed by atoms with E-state index in [1.54, 1.807) is 12.1 Å². The summed E-state index contributed by atoms with van der Waals surface area (Å²) in [6.07, 6.45) is 0.650. The lowest BCUT2D eigenvalue weighted by Gasteiger charge is -2.10. The monoisotopic (exact) mass is 311 g/mol. The lowest BCUT2D eigenvalue weighted by atomic mass is 10.2. The molecular weight excluding hydrogens is 298 g/mol. The third-order valence-electron chi connectivity index (χ3n) is 2.70. The third kappa shape index (κ3) is 4.82. The largest absolute Gasteiger partial charge is 0.389 e. The molecule has 7 nitrogen and oxygen atoms in total. The highest BCUT2D eigenvalue weighted by atomic mass is 35.5. The average molecular weight is 312 g/mol. The summed E-state index contributed by atoms with van der Waals surface area (Å²) in [5.74, 6) is -0.246. The van der Waals surface area contributed by atoms with E-state index in [4.69, 9.17) is 16.3 Å². The molecule has 0 amide bonds. The minimum atomic E-state index is -0.795. The van der Waals surface area contributed by atoms with E-state index >= 15 is 0 Å². The van der Waals surface area contributed by atoms with Gasteiger partial charge in [-0.05, 0) is 22.6 Å². The number of hydrogen-bond donors (Lipinski definition) is 1. The Morgan fingerprint density at radius 1 is 1.38 bits per heavy atom. The standard InChI is InChI=1S/C13H14ClN3O4/c14-11-3-1-10(2-4-11)8-21-9-12(18)7-16-6-5-13(15-16)17(19)20/h1-6,12,18H,7-9H2. The van der Waals surface area contributed by atoms with Gasteiger partial charge in [-0.3, -0.25) is 0 Å². The van der Waals surface area contributed by atoms with Crippen LogP contribution in [-0.4, -0.2) is 32.5 Å². The first-order valence-electron chi connectivity index (χ1n) is 6.22. The van der Waals surface area contributed by atoms with E-state index in [0.29, 0.717) is 11.6 Å². The smallest absolute Gasteiger partial charge is 0.389 e.